The first-order chi connectivity index (χ1) is 14.1. The summed E-state index contributed by atoms with van der Waals surface area (Å²) in [6.45, 7) is 7.51. The molecule has 3 aliphatic rings. The topological polar surface area (TPSA) is 73.4 Å². The molecular formula is C20H34N4O4S. The van der Waals surface area contributed by atoms with Crippen LogP contribution in [0.2, 0.25) is 0 Å². The zero-order chi connectivity index (χ0) is 20.5. The monoisotopic (exact) mass is 426 g/mol. The van der Waals surface area contributed by atoms with E-state index in [1.54, 1.807) is 4.90 Å². The van der Waals surface area contributed by atoms with Crippen molar-refractivity contribution in [3.8, 4) is 0 Å². The van der Waals surface area contributed by atoms with Crippen LogP contribution in [0.3, 0.4) is 0 Å². The Morgan fingerprint density at radius 3 is 1.72 bits per heavy atom. The summed E-state index contributed by atoms with van der Waals surface area (Å²) in [5.74, 6) is 1.08. The zero-order valence-electron chi connectivity index (χ0n) is 17.4. The lowest BCUT2D eigenvalue weighted by atomic mass is 10.2. The summed E-state index contributed by atoms with van der Waals surface area (Å²) >= 11 is 1.39. The van der Waals surface area contributed by atoms with Crippen molar-refractivity contribution in [1.82, 2.24) is 19.6 Å². The summed E-state index contributed by atoms with van der Waals surface area (Å²) in [6.07, 6.45) is 4.67. The first kappa shape index (κ1) is 22.4. The van der Waals surface area contributed by atoms with Crippen LogP contribution < -0.4 is 0 Å². The van der Waals surface area contributed by atoms with Gasteiger partial charge < -0.3 is 19.4 Å². The Hall–Kier alpha value is -1.32. The number of carbonyl (C=O) groups is 3. The predicted molar refractivity (Wildman–Crippen MR) is 113 cm³/mol. The fraction of sp³-hybridized carbons (Fsp3) is 0.850. The summed E-state index contributed by atoms with van der Waals surface area (Å²) in [6, 6.07) is 0. The first-order valence-corrected chi connectivity index (χ1v) is 12.0. The minimum atomic E-state index is 0.0861. The normalized spacial score (nSPS) is 21.7. The number of likely N-dealkylation sites (tertiary alicyclic amines) is 1. The Morgan fingerprint density at radius 2 is 1.14 bits per heavy atom. The zero-order valence-corrected chi connectivity index (χ0v) is 18.2. The van der Waals surface area contributed by atoms with Gasteiger partial charge in [0.15, 0.2) is 0 Å². The Balaban J connectivity index is 1.30. The van der Waals surface area contributed by atoms with Crippen molar-refractivity contribution in [2.45, 2.75) is 25.7 Å². The summed E-state index contributed by atoms with van der Waals surface area (Å²) < 4.78 is 5.26. The van der Waals surface area contributed by atoms with Gasteiger partial charge in [0.2, 0.25) is 17.7 Å². The van der Waals surface area contributed by atoms with Crippen molar-refractivity contribution in [3.63, 3.8) is 0 Å². The highest BCUT2D eigenvalue weighted by molar-refractivity contribution is 8.00. The van der Waals surface area contributed by atoms with Gasteiger partial charge in [-0.2, -0.15) is 0 Å². The number of hydrogen-bond acceptors (Lipinski definition) is 6. The summed E-state index contributed by atoms with van der Waals surface area (Å²) in [4.78, 5) is 44.9. The minimum absolute atomic E-state index is 0.0861. The molecule has 0 spiro atoms. The molecule has 0 saturated carbocycles. The first-order valence-electron chi connectivity index (χ1n) is 10.8. The molecule has 8 nitrogen and oxygen atoms in total. The van der Waals surface area contributed by atoms with Gasteiger partial charge in [0, 0.05) is 52.4 Å². The average molecular weight is 427 g/mol. The van der Waals surface area contributed by atoms with E-state index in [-0.39, 0.29) is 17.7 Å². The lowest BCUT2D eigenvalue weighted by Crippen LogP contribution is -2.52. The van der Waals surface area contributed by atoms with Gasteiger partial charge in [-0.15, -0.1) is 11.8 Å². The van der Waals surface area contributed by atoms with Crippen LogP contribution in [-0.4, -0.2) is 121 Å². The molecule has 0 radical (unpaired) electrons. The van der Waals surface area contributed by atoms with Crippen molar-refractivity contribution in [2.75, 3.05) is 83.6 Å². The SMILES string of the molecule is O=C(CSCC(=O)N1CCN(CC(=O)N2CCCCCC2)CC1)N1CCOCC1. The van der Waals surface area contributed by atoms with Crippen molar-refractivity contribution in [3.05, 3.63) is 0 Å². The molecule has 3 saturated heterocycles. The second-order valence-corrected chi connectivity index (χ2v) is 8.92. The molecule has 164 valence electrons. The second kappa shape index (κ2) is 11.8. The third-order valence-electron chi connectivity index (χ3n) is 5.86. The Morgan fingerprint density at radius 1 is 0.621 bits per heavy atom. The van der Waals surface area contributed by atoms with Gasteiger partial charge in [0.05, 0.1) is 31.3 Å². The molecule has 0 bridgehead atoms. The van der Waals surface area contributed by atoms with E-state index in [1.165, 1.54) is 24.6 Å². The number of hydrogen-bond donors (Lipinski definition) is 0. The molecule has 0 N–H and O–H groups in total. The van der Waals surface area contributed by atoms with Gasteiger partial charge >= 0.3 is 0 Å². The van der Waals surface area contributed by atoms with Crippen molar-refractivity contribution < 1.29 is 19.1 Å². The molecule has 3 amide bonds. The lowest BCUT2D eigenvalue weighted by molar-refractivity contribution is -0.134. The van der Waals surface area contributed by atoms with Crippen LogP contribution in [0, 0.1) is 0 Å². The molecule has 9 heteroatoms. The summed E-state index contributed by atoms with van der Waals surface area (Å²) in [5.41, 5.74) is 0. The third kappa shape index (κ3) is 7.15. The Labute approximate surface area is 177 Å². The quantitative estimate of drug-likeness (QED) is 0.601. The second-order valence-electron chi connectivity index (χ2n) is 7.94. The molecule has 0 aromatic carbocycles. The molecule has 3 rings (SSSR count). The Kier molecular flexibility index (Phi) is 9.07. The Bertz CT molecular complexity index is 555. The minimum Gasteiger partial charge on any atom is -0.378 e. The molecule has 3 fully saturated rings. The molecule has 3 aliphatic heterocycles. The smallest absolute Gasteiger partial charge is 0.236 e. The van der Waals surface area contributed by atoms with Crippen LogP contribution in [0.4, 0.5) is 0 Å². The number of nitrogens with zero attached hydrogens (tertiary/aromatic N) is 4. The summed E-state index contributed by atoms with van der Waals surface area (Å²) in [7, 11) is 0. The molecule has 0 aromatic rings. The lowest BCUT2D eigenvalue weighted by Gasteiger charge is -2.35. The largest absolute Gasteiger partial charge is 0.378 e. The van der Waals surface area contributed by atoms with E-state index < -0.39 is 0 Å². The molecule has 3 heterocycles. The number of amides is 3. The highest BCUT2D eigenvalue weighted by Crippen LogP contribution is 2.12. The summed E-state index contributed by atoms with van der Waals surface area (Å²) in [5, 5.41) is 0. The predicted octanol–water partition coefficient (Wildman–Crippen LogP) is 0.125. The van der Waals surface area contributed by atoms with E-state index in [4.69, 9.17) is 4.74 Å². The van der Waals surface area contributed by atoms with E-state index in [2.05, 4.69) is 4.90 Å². The van der Waals surface area contributed by atoms with Crippen molar-refractivity contribution >= 4 is 29.5 Å². The van der Waals surface area contributed by atoms with Crippen LogP contribution in [0.25, 0.3) is 0 Å². The maximum Gasteiger partial charge on any atom is 0.236 e. The number of ether oxygens (including phenoxy) is 1. The average Bonchev–Trinajstić information content (AvgIpc) is 3.04. The van der Waals surface area contributed by atoms with Crippen LogP contribution >= 0.6 is 11.8 Å². The number of piperazine rings is 1. The molecule has 0 aromatic heterocycles. The van der Waals surface area contributed by atoms with E-state index in [9.17, 15) is 14.4 Å². The highest BCUT2D eigenvalue weighted by atomic mass is 32.2. The standard InChI is InChI=1S/C20H34N4O4S/c25-18(22-5-3-1-2-4-6-22)15-21-7-9-23(10-8-21)19(26)16-29-17-20(27)24-11-13-28-14-12-24/h1-17H2. The fourth-order valence-corrected chi connectivity index (χ4v) is 4.80. The van der Waals surface area contributed by atoms with Gasteiger partial charge in [0.1, 0.15) is 0 Å². The fourth-order valence-electron chi connectivity index (χ4n) is 3.99. The maximum absolute atomic E-state index is 12.5. The maximum atomic E-state index is 12.5. The van der Waals surface area contributed by atoms with E-state index in [0.29, 0.717) is 57.4 Å². The third-order valence-corrected chi connectivity index (χ3v) is 6.76. The number of carbonyl (C=O) groups excluding carboxylic acids is 3. The molecule has 0 aliphatic carbocycles. The van der Waals surface area contributed by atoms with Crippen LogP contribution in [0.1, 0.15) is 25.7 Å². The van der Waals surface area contributed by atoms with Crippen LogP contribution in [0.15, 0.2) is 0 Å². The van der Waals surface area contributed by atoms with Crippen LogP contribution in [0.5, 0.6) is 0 Å². The van der Waals surface area contributed by atoms with E-state index in [1.807, 2.05) is 9.80 Å². The molecular weight excluding hydrogens is 392 g/mol. The van der Waals surface area contributed by atoms with E-state index >= 15 is 0 Å². The van der Waals surface area contributed by atoms with Gasteiger partial charge in [-0.1, -0.05) is 12.8 Å². The van der Waals surface area contributed by atoms with Gasteiger partial charge in [0.25, 0.3) is 0 Å². The highest BCUT2D eigenvalue weighted by Gasteiger charge is 2.25. The van der Waals surface area contributed by atoms with Gasteiger partial charge in [-0.05, 0) is 12.8 Å². The van der Waals surface area contributed by atoms with Crippen molar-refractivity contribution in [1.29, 1.82) is 0 Å². The number of rotatable bonds is 6. The molecule has 29 heavy (non-hydrogen) atoms. The van der Waals surface area contributed by atoms with Crippen LogP contribution in [-0.2, 0) is 19.1 Å². The van der Waals surface area contributed by atoms with Gasteiger partial charge in [-0.3, -0.25) is 19.3 Å². The molecule has 0 atom stereocenters. The molecule has 0 unspecified atom stereocenters. The van der Waals surface area contributed by atoms with Crippen molar-refractivity contribution in [2.24, 2.45) is 0 Å². The number of thioether (sulfide) groups is 1. The van der Waals surface area contributed by atoms with E-state index in [0.717, 1.165) is 39.0 Å². The van der Waals surface area contributed by atoms with Gasteiger partial charge in [-0.25, -0.2) is 0 Å². The number of morpholine rings is 1.